The Hall–Kier alpha value is -2.77. The maximum atomic E-state index is 10.5. The average molecular weight is 245 g/mol. The SMILES string of the molecule is O=Cc1cn(Cc2nnc(-c3ccco3)o2)nn1. The Bertz CT molecular complexity index is 655. The van der Waals surface area contributed by atoms with Crippen molar-refractivity contribution >= 4 is 6.29 Å². The third kappa shape index (κ3) is 1.90. The van der Waals surface area contributed by atoms with Crippen LogP contribution in [0, 0.1) is 0 Å². The van der Waals surface area contributed by atoms with Gasteiger partial charge in [0.25, 0.3) is 5.89 Å². The van der Waals surface area contributed by atoms with Crippen LogP contribution >= 0.6 is 0 Å². The van der Waals surface area contributed by atoms with Crippen molar-refractivity contribution in [3.05, 3.63) is 36.2 Å². The van der Waals surface area contributed by atoms with Crippen molar-refractivity contribution in [2.24, 2.45) is 0 Å². The summed E-state index contributed by atoms with van der Waals surface area (Å²) in [4.78, 5) is 10.5. The van der Waals surface area contributed by atoms with Crippen molar-refractivity contribution in [1.29, 1.82) is 0 Å². The molecule has 3 aromatic rings. The van der Waals surface area contributed by atoms with Crippen LogP contribution in [0.1, 0.15) is 16.4 Å². The molecule has 0 aliphatic heterocycles. The van der Waals surface area contributed by atoms with Crippen molar-refractivity contribution in [3.63, 3.8) is 0 Å². The molecule has 0 aliphatic rings. The molecule has 0 saturated heterocycles. The second-order valence-corrected chi connectivity index (χ2v) is 3.44. The zero-order valence-corrected chi connectivity index (χ0v) is 9.05. The number of nitrogens with zero attached hydrogens (tertiary/aromatic N) is 5. The van der Waals surface area contributed by atoms with Crippen LogP contribution in [0.3, 0.4) is 0 Å². The lowest BCUT2D eigenvalue weighted by Gasteiger charge is -1.92. The minimum absolute atomic E-state index is 0.245. The average Bonchev–Trinajstić information content (AvgIpc) is 3.10. The molecule has 8 heteroatoms. The second-order valence-electron chi connectivity index (χ2n) is 3.44. The molecule has 3 rings (SSSR count). The van der Waals surface area contributed by atoms with Crippen LogP contribution in [0.4, 0.5) is 0 Å². The van der Waals surface area contributed by atoms with E-state index in [0.29, 0.717) is 23.8 Å². The maximum Gasteiger partial charge on any atom is 0.283 e. The van der Waals surface area contributed by atoms with Crippen molar-refractivity contribution in [2.75, 3.05) is 0 Å². The number of aromatic nitrogens is 5. The Morgan fingerprint density at radius 2 is 2.28 bits per heavy atom. The highest BCUT2D eigenvalue weighted by Crippen LogP contribution is 2.17. The van der Waals surface area contributed by atoms with Crippen molar-refractivity contribution < 1.29 is 13.6 Å². The zero-order valence-electron chi connectivity index (χ0n) is 9.05. The number of furan rings is 1. The highest BCUT2D eigenvalue weighted by molar-refractivity contribution is 5.70. The molecule has 0 fully saturated rings. The van der Waals surface area contributed by atoms with Gasteiger partial charge < -0.3 is 8.83 Å². The fraction of sp³-hybridized carbons (Fsp3) is 0.100. The normalized spacial score (nSPS) is 10.7. The smallest absolute Gasteiger partial charge is 0.283 e. The van der Waals surface area contributed by atoms with Gasteiger partial charge in [0.1, 0.15) is 12.2 Å². The van der Waals surface area contributed by atoms with Gasteiger partial charge in [-0.3, -0.25) is 4.79 Å². The van der Waals surface area contributed by atoms with Crippen molar-refractivity contribution in [1.82, 2.24) is 25.2 Å². The minimum Gasteiger partial charge on any atom is -0.459 e. The fourth-order valence-corrected chi connectivity index (χ4v) is 1.40. The van der Waals surface area contributed by atoms with E-state index in [2.05, 4.69) is 20.5 Å². The first-order valence-electron chi connectivity index (χ1n) is 5.07. The Balaban J connectivity index is 1.79. The van der Waals surface area contributed by atoms with Gasteiger partial charge in [0.15, 0.2) is 12.0 Å². The van der Waals surface area contributed by atoms with Gasteiger partial charge in [-0.1, -0.05) is 5.21 Å². The molecule has 0 aliphatic carbocycles. The number of rotatable bonds is 4. The van der Waals surface area contributed by atoms with E-state index >= 15 is 0 Å². The Morgan fingerprint density at radius 3 is 3.00 bits per heavy atom. The molecule has 3 aromatic heterocycles. The van der Waals surface area contributed by atoms with Gasteiger partial charge in [-0.2, -0.15) is 0 Å². The fourth-order valence-electron chi connectivity index (χ4n) is 1.40. The van der Waals surface area contributed by atoms with E-state index in [1.165, 1.54) is 17.1 Å². The van der Waals surface area contributed by atoms with Gasteiger partial charge in [0, 0.05) is 0 Å². The molecule has 90 valence electrons. The summed E-state index contributed by atoms with van der Waals surface area (Å²) < 4.78 is 11.9. The molecule has 8 nitrogen and oxygen atoms in total. The van der Waals surface area contributed by atoms with E-state index in [9.17, 15) is 4.79 Å². The first-order chi connectivity index (χ1) is 8.85. The summed E-state index contributed by atoms with van der Waals surface area (Å²) in [5.41, 5.74) is 0.251. The lowest BCUT2D eigenvalue weighted by atomic mass is 10.4. The highest BCUT2D eigenvalue weighted by atomic mass is 16.4. The minimum atomic E-state index is 0.245. The van der Waals surface area contributed by atoms with E-state index in [0.717, 1.165) is 0 Å². The Kier molecular flexibility index (Phi) is 2.45. The van der Waals surface area contributed by atoms with Gasteiger partial charge in [-0.25, -0.2) is 4.68 Å². The predicted octanol–water partition coefficient (Wildman–Crippen LogP) is 0.782. The van der Waals surface area contributed by atoms with Gasteiger partial charge in [-0.15, -0.1) is 15.3 Å². The monoisotopic (exact) mass is 245 g/mol. The summed E-state index contributed by atoms with van der Waals surface area (Å²) in [6.07, 6.45) is 3.63. The molecular weight excluding hydrogens is 238 g/mol. The lowest BCUT2D eigenvalue weighted by molar-refractivity contribution is 0.111. The number of carbonyl (C=O) groups is 1. The molecule has 0 aromatic carbocycles. The number of hydrogen-bond acceptors (Lipinski definition) is 7. The summed E-state index contributed by atoms with van der Waals surface area (Å²) in [5, 5.41) is 15.1. The molecule has 0 N–H and O–H groups in total. The molecule has 18 heavy (non-hydrogen) atoms. The van der Waals surface area contributed by atoms with Crippen LogP contribution in [0.2, 0.25) is 0 Å². The lowest BCUT2D eigenvalue weighted by Crippen LogP contribution is -2.00. The largest absolute Gasteiger partial charge is 0.459 e. The third-order valence-electron chi connectivity index (χ3n) is 2.17. The Morgan fingerprint density at radius 1 is 1.33 bits per heavy atom. The second kappa shape index (κ2) is 4.24. The van der Waals surface area contributed by atoms with E-state index in [1.807, 2.05) is 0 Å². The van der Waals surface area contributed by atoms with Crippen molar-refractivity contribution in [3.8, 4) is 11.7 Å². The van der Waals surface area contributed by atoms with E-state index in [1.54, 1.807) is 12.1 Å². The molecule has 0 unspecified atom stereocenters. The summed E-state index contributed by atoms with van der Waals surface area (Å²) in [5.74, 6) is 1.15. The highest BCUT2D eigenvalue weighted by Gasteiger charge is 2.11. The van der Waals surface area contributed by atoms with Crippen LogP contribution < -0.4 is 0 Å². The molecule has 0 radical (unpaired) electrons. The topological polar surface area (TPSA) is 99.8 Å². The number of aldehydes is 1. The summed E-state index contributed by atoms with van der Waals surface area (Å²) >= 11 is 0. The molecule has 0 saturated carbocycles. The quantitative estimate of drug-likeness (QED) is 0.626. The molecule has 0 spiro atoms. The van der Waals surface area contributed by atoms with Crippen LogP contribution in [-0.4, -0.2) is 31.5 Å². The first-order valence-corrected chi connectivity index (χ1v) is 5.07. The molecule has 3 heterocycles. The number of hydrogen-bond donors (Lipinski definition) is 0. The van der Waals surface area contributed by atoms with Crippen LogP contribution in [0.15, 0.2) is 33.4 Å². The van der Waals surface area contributed by atoms with Gasteiger partial charge >= 0.3 is 0 Å². The number of carbonyl (C=O) groups excluding carboxylic acids is 1. The summed E-state index contributed by atoms with van der Waals surface area (Å²) in [6, 6.07) is 3.45. The molecule has 0 atom stereocenters. The van der Waals surface area contributed by atoms with E-state index in [-0.39, 0.29) is 12.2 Å². The maximum absolute atomic E-state index is 10.5. The van der Waals surface area contributed by atoms with Crippen LogP contribution in [-0.2, 0) is 6.54 Å². The predicted molar refractivity (Wildman–Crippen MR) is 56.5 cm³/mol. The molecule has 0 amide bonds. The van der Waals surface area contributed by atoms with Gasteiger partial charge in [-0.05, 0) is 12.1 Å². The standard InChI is InChI=1S/C10H7N5O3/c16-6-7-4-15(14-11-7)5-9-12-13-10(18-9)8-2-1-3-17-8/h1-4,6H,5H2. The Labute approximate surface area is 100 Å². The summed E-state index contributed by atoms with van der Waals surface area (Å²) in [6.45, 7) is 0.245. The van der Waals surface area contributed by atoms with Crippen LogP contribution in [0.25, 0.3) is 11.7 Å². The molecular formula is C10H7N5O3. The van der Waals surface area contributed by atoms with Crippen molar-refractivity contribution in [2.45, 2.75) is 6.54 Å². The first kappa shape index (κ1) is 10.4. The van der Waals surface area contributed by atoms with Gasteiger partial charge in [0.05, 0.1) is 12.5 Å². The van der Waals surface area contributed by atoms with E-state index < -0.39 is 0 Å². The summed E-state index contributed by atoms with van der Waals surface area (Å²) in [7, 11) is 0. The van der Waals surface area contributed by atoms with Crippen LogP contribution in [0.5, 0.6) is 0 Å². The third-order valence-corrected chi connectivity index (χ3v) is 2.17. The van der Waals surface area contributed by atoms with E-state index in [4.69, 9.17) is 8.83 Å². The molecule has 0 bridgehead atoms. The zero-order chi connectivity index (χ0) is 12.4. The van der Waals surface area contributed by atoms with Gasteiger partial charge in [0.2, 0.25) is 5.89 Å².